The van der Waals surface area contributed by atoms with Crippen LogP contribution in [-0.2, 0) is 11.3 Å². The lowest BCUT2D eigenvalue weighted by Crippen LogP contribution is -2.51. The molecule has 0 radical (unpaired) electrons. The summed E-state index contributed by atoms with van der Waals surface area (Å²) < 4.78 is 2.20. The lowest BCUT2D eigenvalue weighted by molar-refractivity contribution is -0.134. The van der Waals surface area contributed by atoms with Crippen LogP contribution in [0.3, 0.4) is 0 Å². The first-order valence-corrected chi connectivity index (χ1v) is 9.32. The van der Waals surface area contributed by atoms with E-state index in [-0.39, 0.29) is 0 Å². The van der Waals surface area contributed by atoms with Crippen LogP contribution in [0.2, 0.25) is 0 Å². The predicted octanol–water partition coefficient (Wildman–Crippen LogP) is 1.07. The van der Waals surface area contributed by atoms with Crippen LogP contribution in [-0.4, -0.2) is 82.5 Å². The van der Waals surface area contributed by atoms with E-state index in [4.69, 9.17) is 0 Å². The molecular weight excluding hydrogens is 302 g/mol. The standard InChI is InChI=1S/C18H31N5O/c1-16-3-6-23(7-4-16)18(24)15-21-11-9-20(10-12-21)13-14-22-8-5-19-17(22)2/h5,8,16H,3-4,6-7,9-15H2,1-2H3. The summed E-state index contributed by atoms with van der Waals surface area (Å²) in [6, 6.07) is 0. The third kappa shape index (κ3) is 4.57. The smallest absolute Gasteiger partial charge is 0.236 e. The topological polar surface area (TPSA) is 44.6 Å². The lowest BCUT2D eigenvalue weighted by atomic mass is 9.99. The average Bonchev–Trinajstić information content (AvgIpc) is 3.00. The van der Waals surface area contributed by atoms with E-state index in [2.05, 4.69) is 31.2 Å². The normalized spacial score (nSPS) is 21.3. The molecule has 0 atom stereocenters. The molecule has 3 heterocycles. The van der Waals surface area contributed by atoms with Crippen molar-refractivity contribution < 1.29 is 4.79 Å². The molecule has 134 valence electrons. The Kier molecular flexibility index (Phi) is 5.89. The highest BCUT2D eigenvalue weighted by molar-refractivity contribution is 5.78. The fourth-order valence-corrected chi connectivity index (χ4v) is 3.61. The van der Waals surface area contributed by atoms with Crippen LogP contribution in [0.15, 0.2) is 12.4 Å². The number of aryl methyl sites for hydroxylation is 1. The van der Waals surface area contributed by atoms with Crippen LogP contribution in [0.5, 0.6) is 0 Å². The second kappa shape index (κ2) is 8.12. The van der Waals surface area contributed by atoms with Gasteiger partial charge in [-0.25, -0.2) is 4.98 Å². The maximum absolute atomic E-state index is 12.4. The predicted molar refractivity (Wildman–Crippen MR) is 94.8 cm³/mol. The molecule has 6 heteroatoms. The van der Waals surface area contributed by atoms with Crippen molar-refractivity contribution >= 4 is 5.91 Å². The van der Waals surface area contributed by atoms with Gasteiger partial charge < -0.3 is 9.47 Å². The van der Waals surface area contributed by atoms with Crippen molar-refractivity contribution in [3.8, 4) is 0 Å². The second-order valence-electron chi connectivity index (χ2n) is 7.35. The van der Waals surface area contributed by atoms with E-state index in [0.717, 1.165) is 76.9 Å². The van der Waals surface area contributed by atoms with Gasteiger partial charge in [-0.05, 0) is 25.7 Å². The van der Waals surface area contributed by atoms with Gasteiger partial charge in [-0.15, -0.1) is 0 Å². The monoisotopic (exact) mass is 333 g/mol. The minimum Gasteiger partial charge on any atom is -0.342 e. The van der Waals surface area contributed by atoms with Gasteiger partial charge in [-0.2, -0.15) is 0 Å². The first-order chi connectivity index (χ1) is 11.6. The van der Waals surface area contributed by atoms with Crippen LogP contribution < -0.4 is 0 Å². The highest BCUT2D eigenvalue weighted by Crippen LogP contribution is 2.16. The van der Waals surface area contributed by atoms with Crippen molar-refractivity contribution in [2.45, 2.75) is 33.2 Å². The van der Waals surface area contributed by atoms with Crippen LogP contribution in [0.4, 0.5) is 0 Å². The fourth-order valence-electron chi connectivity index (χ4n) is 3.61. The Morgan fingerprint density at radius 3 is 2.38 bits per heavy atom. The summed E-state index contributed by atoms with van der Waals surface area (Å²) in [7, 11) is 0. The molecule has 2 fully saturated rings. The number of hydrogen-bond acceptors (Lipinski definition) is 4. The SMILES string of the molecule is Cc1nccn1CCN1CCN(CC(=O)N2CCC(C)CC2)CC1. The number of hydrogen-bond donors (Lipinski definition) is 0. The van der Waals surface area contributed by atoms with Gasteiger partial charge in [0, 0.05) is 64.8 Å². The molecule has 2 aliphatic heterocycles. The van der Waals surface area contributed by atoms with Gasteiger partial charge in [-0.1, -0.05) is 6.92 Å². The average molecular weight is 333 g/mol. The van der Waals surface area contributed by atoms with E-state index in [1.54, 1.807) is 0 Å². The van der Waals surface area contributed by atoms with Gasteiger partial charge in [0.1, 0.15) is 5.82 Å². The zero-order valence-corrected chi connectivity index (χ0v) is 15.2. The fraction of sp³-hybridized carbons (Fsp3) is 0.778. The number of carbonyl (C=O) groups is 1. The van der Waals surface area contributed by atoms with Crippen molar-refractivity contribution in [1.29, 1.82) is 0 Å². The van der Waals surface area contributed by atoms with Crippen LogP contribution in [0.25, 0.3) is 0 Å². The minimum absolute atomic E-state index is 0.324. The third-order valence-corrected chi connectivity index (χ3v) is 5.54. The Bertz CT molecular complexity index is 527. The van der Waals surface area contributed by atoms with E-state index in [1.165, 1.54) is 0 Å². The van der Waals surface area contributed by atoms with Crippen molar-refractivity contribution in [3.05, 3.63) is 18.2 Å². The molecule has 3 rings (SSSR count). The molecule has 0 N–H and O–H groups in total. The molecule has 0 bridgehead atoms. The van der Waals surface area contributed by atoms with Gasteiger partial charge in [-0.3, -0.25) is 14.6 Å². The van der Waals surface area contributed by atoms with Gasteiger partial charge in [0.05, 0.1) is 6.54 Å². The Labute approximate surface area is 145 Å². The van der Waals surface area contributed by atoms with Gasteiger partial charge in [0.2, 0.25) is 5.91 Å². The molecule has 0 aliphatic carbocycles. The maximum Gasteiger partial charge on any atom is 0.236 e. The molecule has 0 spiro atoms. The molecule has 1 aromatic rings. The molecule has 0 unspecified atom stereocenters. The van der Waals surface area contributed by atoms with E-state index < -0.39 is 0 Å². The molecule has 0 saturated carbocycles. The van der Waals surface area contributed by atoms with Gasteiger partial charge in [0.15, 0.2) is 0 Å². The van der Waals surface area contributed by atoms with Gasteiger partial charge in [0.25, 0.3) is 0 Å². The van der Waals surface area contributed by atoms with Crippen LogP contribution >= 0.6 is 0 Å². The quantitative estimate of drug-likeness (QED) is 0.808. The number of amides is 1. The Morgan fingerprint density at radius 1 is 1.08 bits per heavy atom. The maximum atomic E-state index is 12.4. The number of rotatable bonds is 5. The molecule has 1 amide bonds. The number of nitrogens with zero attached hydrogens (tertiary/aromatic N) is 5. The summed E-state index contributed by atoms with van der Waals surface area (Å²) in [5.74, 6) is 2.18. The summed E-state index contributed by atoms with van der Waals surface area (Å²) in [4.78, 5) is 23.6. The molecule has 2 saturated heterocycles. The zero-order valence-electron chi connectivity index (χ0n) is 15.2. The molecular formula is C18H31N5O. The largest absolute Gasteiger partial charge is 0.342 e. The molecule has 6 nitrogen and oxygen atoms in total. The number of piperidine rings is 1. The van der Waals surface area contributed by atoms with Crippen LogP contribution in [0, 0.1) is 12.8 Å². The highest BCUT2D eigenvalue weighted by atomic mass is 16.2. The van der Waals surface area contributed by atoms with E-state index in [0.29, 0.717) is 12.5 Å². The summed E-state index contributed by atoms with van der Waals surface area (Å²) in [6.07, 6.45) is 6.23. The number of aromatic nitrogens is 2. The zero-order chi connectivity index (χ0) is 16.9. The first kappa shape index (κ1) is 17.4. The molecule has 1 aromatic heterocycles. The number of piperazine rings is 1. The van der Waals surface area contributed by atoms with Gasteiger partial charge >= 0.3 is 0 Å². The summed E-state index contributed by atoms with van der Waals surface area (Å²) in [6.45, 7) is 13.0. The van der Waals surface area contributed by atoms with Crippen molar-refractivity contribution in [2.75, 3.05) is 52.4 Å². The Morgan fingerprint density at radius 2 is 1.75 bits per heavy atom. The highest BCUT2D eigenvalue weighted by Gasteiger charge is 2.24. The van der Waals surface area contributed by atoms with Crippen molar-refractivity contribution in [3.63, 3.8) is 0 Å². The number of carbonyl (C=O) groups excluding carboxylic acids is 1. The number of likely N-dealkylation sites (tertiary alicyclic amines) is 1. The van der Waals surface area contributed by atoms with Crippen molar-refractivity contribution in [2.24, 2.45) is 5.92 Å². The molecule has 24 heavy (non-hydrogen) atoms. The van der Waals surface area contributed by atoms with E-state index in [1.807, 2.05) is 19.3 Å². The third-order valence-electron chi connectivity index (χ3n) is 5.54. The first-order valence-electron chi connectivity index (χ1n) is 9.32. The summed E-state index contributed by atoms with van der Waals surface area (Å²) in [5.41, 5.74) is 0. The Hall–Kier alpha value is -1.40. The second-order valence-corrected chi connectivity index (χ2v) is 7.35. The summed E-state index contributed by atoms with van der Waals surface area (Å²) >= 11 is 0. The number of imidazole rings is 1. The molecule has 2 aliphatic rings. The molecule has 0 aromatic carbocycles. The van der Waals surface area contributed by atoms with E-state index in [9.17, 15) is 4.79 Å². The van der Waals surface area contributed by atoms with Crippen molar-refractivity contribution in [1.82, 2.24) is 24.3 Å². The van der Waals surface area contributed by atoms with Crippen LogP contribution in [0.1, 0.15) is 25.6 Å². The minimum atomic E-state index is 0.324. The lowest BCUT2D eigenvalue weighted by Gasteiger charge is -2.36. The van der Waals surface area contributed by atoms with E-state index >= 15 is 0 Å². The summed E-state index contributed by atoms with van der Waals surface area (Å²) in [5, 5.41) is 0. The Balaban J connectivity index is 1.36.